The van der Waals surface area contributed by atoms with Gasteiger partial charge in [-0.15, -0.1) is 0 Å². The summed E-state index contributed by atoms with van der Waals surface area (Å²) in [4.78, 5) is 11.8. The van der Waals surface area contributed by atoms with E-state index < -0.39 is 17.4 Å². The van der Waals surface area contributed by atoms with E-state index in [-0.39, 0.29) is 15.7 Å². The largest absolute Gasteiger partial charge is 0.379 e. The van der Waals surface area contributed by atoms with E-state index in [9.17, 15) is 9.18 Å². The maximum atomic E-state index is 13.6. The molecule has 1 unspecified atom stereocenters. The van der Waals surface area contributed by atoms with Gasteiger partial charge in [0.05, 0.1) is 27.9 Å². The molecule has 1 aliphatic rings. The molecule has 7 heteroatoms. The predicted octanol–water partition coefficient (Wildman–Crippen LogP) is 3.43. The third kappa shape index (κ3) is 3.49. The summed E-state index contributed by atoms with van der Waals surface area (Å²) < 4.78 is 18.8. The summed E-state index contributed by atoms with van der Waals surface area (Å²) in [7, 11) is 0. The van der Waals surface area contributed by atoms with Gasteiger partial charge in [0.2, 0.25) is 0 Å². The third-order valence-electron chi connectivity index (χ3n) is 2.89. The van der Waals surface area contributed by atoms with Crippen LogP contribution in [0.4, 0.5) is 14.9 Å². The zero-order chi connectivity index (χ0) is 14.0. The highest BCUT2D eigenvalue weighted by atomic mass is 35.5. The molecule has 0 spiro atoms. The van der Waals surface area contributed by atoms with E-state index in [1.165, 1.54) is 6.07 Å². The number of hydrogen-bond acceptors (Lipinski definition) is 2. The minimum Gasteiger partial charge on any atom is -0.379 e. The molecule has 0 bridgehead atoms. The maximum absolute atomic E-state index is 13.6. The van der Waals surface area contributed by atoms with Gasteiger partial charge in [0.1, 0.15) is 5.82 Å². The Bertz CT molecular complexity index is 505. The summed E-state index contributed by atoms with van der Waals surface area (Å²) in [6.45, 7) is 2.90. The highest BCUT2D eigenvalue weighted by Gasteiger charge is 2.31. The number of ether oxygens (including phenoxy) is 1. The van der Waals surface area contributed by atoms with E-state index in [0.717, 1.165) is 6.07 Å². The summed E-state index contributed by atoms with van der Waals surface area (Å²) in [6.07, 6.45) is 0.713. The Morgan fingerprint density at radius 3 is 2.74 bits per heavy atom. The van der Waals surface area contributed by atoms with E-state index in [0.29, 0.717) is 19.6 Å². The van der Waals surface area contributed by atoms with Crippen LogP contribution in [0.1, 0.15) is 13.3 Å². The Morgan fingerprint density at radius 1 is 1.42 bits per heavy atom. The fourth-order valence-electron chi connectivity index (χ4n) is 1.81. The molecule has 1 saturated heterocycles. The van der Waals surface area contributed by atoms with Crippen LogP contribution in [0.15, 0.2) is 12.1 Å². The second-order valence-corrected chi connectivity index (χ2v) is 5.50. The minimum atomic E-state index is -0.641. The molecule has 2 rings (SSSR count). The molecule has 0 aromatic heterocycles. The molecule has 1 aromatic carbocycles. The summed E-state index contributed by atoms with van der Waals surface area (Å²) in [5, 5.41) is 5.43. The van der Waals surface area contributed by atoms with Crippen molar-refractivity contribution in [1.82, 2.24) is 5.32 Å². The zero-order valence-electron chi connectivity index (χ0n) is 10.2. The summed E-state index contributed by atoms with van der Waals surface area (Å²) in [5.41, 5.74) is -0.453. The standard InChI is InChI=1S/C12H13Cl2FN2O2/c1-12(2-3-19-6-12)17-11(18)16-10-5-8(14)7(13)4-9(10)15/h4-5H,2-3,6H2,1H3,(H2,16,17,18). The topological polar surface area (TPSA) is 50.4 Å². The van der Waals surface area contributed by atoms with E-state index in [4.69, 9.17) is 27.9 Å². The normalized spacial score (nSPS) is 22.3. The van der Waals surface area contributed by atoms with Crippen molar-refractivity contribution in [3.8, 4) is 0 Å². The summed E-state index contributed by atoms with van der Waals surface area (Å²) in [5.74, 6) is -0.641. The molecule has 1 fully saturated rings. The number of nitrogens with one attached hydrogen (secondary N) is 2. The molecule has 1 aromatic rings. The lowest BCUT2D eigenvalue weighted by Crippen LogP contribution is -2.48. The molecular formula is C12H13Cl2FN2O2. The first-order valence-electron chi connectivity index (χ1n) is 5.71. The van der Waals surface area contributed by atoms with E-state index >= 15 is 0 Å². The highest BCUT2D eigenvalue weighted by Crippen LogP contribution is 2.28. The van der Waals surface area contributed by atoms with Crippen LogP contribution >= 0.6 is 23.2 Å². The number of benzene rings is 1. The first kappa shape index (κ1) is 14.4. The maximum Gasteiger partial charge on any atom is 0.319 e. The SMILES string of the molecule is CC1(NC(=O)Nc2cc(Cl)c(Cl)cc2F)CCOC1. The Morgan fingerprint density at radius 2 is 2.11 bits per heavy atom. The van der Waals surface area contributed by atoms with Crippen molar-refractivity contribution >= 4 is 34.9 Å². The second-order valence-electron chi connectivity index (χ2n) is 4.69. The lowest BCUT2D eigenvalue weighted by atomic mass is 10.0. The Hall–Kier alpha value is -1.04. The fourth-order valence-corrected chi connectivity index (χ4v) is 2.13. The first-order valence-corrected chi connectivity index (χ1v) is 6.47. The van der Waals surface area contributed by atoms with Crippen LogP contribution in [0, 0.1) is 5.82 Å². The zero-order valence-corrected chi connectivity index (χ0v) is 11.7. The van der Waals surface area contributed by atoms with Crippen LogP contribution in [0.2, 0.25) is 10.0 Å². The fraction of sp³-hybridized carbons (Fsp3) is 0.417. The van der Waals surface area contributed by atoms with Gasteiger partial charge in [-0.1, -0.05) is 23.2 Å². The van der Waals surface area contributed by atoms with Gasteiger partial charge in [0, 0.05) is 6.61 Å². The Balaban J connectivity index is 2.05. The molecule has 2 N–H and O–H groups in total. The third-order valence-corrected chi connectivity index (χ3v) is 3.61. The average Bonchev–Trinajstić information content (AvgIpc) is 2.72. The van der Waals surface area contributed by atoms with Gasteiger partial charge in [-0.25, -0.2) is 9.18 Å². The van der Waals surface area contributed by atoms with Crippen LogP contribution in [-0.2, 0) is 4.74 Å². The van der Waals surface area contributed by atoms with Crippen molar-refractivity contribution in [1.29, 1.82) is 0 Å². The lowest BCUT2D eigenvalue weighted by Gasteiger charge is -2.23. The van der Waals surface area contributed by atoms with Crippen molar-refractivity contribution < 1.29 is 13.9 Å². The second kappa shape index (κ2) is 5.53. The van der Waals surface area contributed by atoms with Crippen LogP contribution in [0.5, 0.6) is 0 Å². The molecule has 4 nitrogen and oxygen atoms in total. The number of hydrogen-bond donors (Lipinski definition) is 2. The van der Waals surface area contributed by atoms with Gasteiger partial charge in [0.15, 0.2) is 0 Å². The number of carbonyl (C=O) groups is 1. The van der Waals surface area contributed by atoms with Crippen LogP contribution in [-0.4, -0.2) is 24.8 Å². The van der Waals surface area contributed by atoms with Crippen LogP contribution in [0.25, 0.3) is 0 Å². The summed E-state index contributed by atoms with van der Waals surface area (Å²) in [6, 6.07) is 1.82. The van der Waals surface area contributed by atoms with Crippen molar-refractivity contribution in [3.63, 3.8) is 0 Å². The van der Waals surface area contributed by atoms with Gasteiger partial charge < -0.3 is 15.4 Å². The lowest BCUT2D eigenvalue weighted by molar-refractivity contribution is 0.172. The molecule has 0 aliphatic carbocycles. The Labute approximate surface area is 120 Å². The van der Waals surface area contributed by atoms with Gasteiger partial charge >= 0.3 is 6.03 Å². The minimum absolute atomic E-state index is 0.0191. The first-order chi connectivity index (χ1) is 8.89. The predicted molar refractivity (Wildman–Crippen MR) is 72.4 cm³/mol. The monoisotopic (exact) mass is 306 g/mol. The number of carbonyl (C=O) groups excluding carboxylic acids is 1. The molecule has 0 saturated carbocycles. The van der Waals surface area contributed by atoms with Gasteiger partial charge in [-0.2, -0.15) is 0 Å². The van der Waals surface area contributed by atoms with Crippen LogP contribution < -0.4 is 10.6 Å². The quantitative estimate of drug-likeness (QED) is 0.822. The average molecular weight is 307 g/mol. The molecular weight excluding hydrogens is 294 g/mol. The van der Waals surface area contributed by atoms with E-state index in [2.05, 4.69) is 10.6 Å². The Kier molecular flexibility index (Phi) is 4.18. The van der Waals surface area contributed by atoms with Crippen molar-refractivity contribution in [2.75, 3.05) is 18.5 Å². The smallest absolute Gasteiger partial charge is 0.319 e. The van der Waals surface area contributed by atoms with Crippen molar-refractivity contribution in [2.24, 2.45) is 0 Å². The van der Waals surface area contributed by atoms with Crippen molar-refractivity contribution in [2.45, 2.75) is 18.9 Å². The number of anilines is 1. The van der Waals surface area contributed by atoms with E-state index in [1.54, 1.807) is 0 Å². The highest BCUT2D eigenvalue weighted by molar-refractivity contribution is 6.42. The van der Waals surface area contributed by atoms with Crippen LogP contribution in [0.3, 0.4) is 0 Å². The number of urea groups is 1. The van der Waals surface area contributed by atoms with Crippen molar-refractivity contribution in [3.05, 3.63) is 28.0 Å². The number of amides is 2. The molecule has 104 valence electrons. The molecule has 0 radical (unpaired) electrons. The molecule has 1 heterocycles. The summed E-state index contributed by atoms with van der Waals surface area (Å²) >= 11 is 11.4. The molecule has 19 heavy (non-hydrogen) atoms. The number of rotatable bonds is 2. The van der Waals surface area contributed by atoms with Gasteiger partial charge in [0.25, 0.3) is 0 Å². The van der Waals surface area contributed by atoms with E-state index in [1.807, 2.05) is 6.92 Å². The van der Waals surface area contributed by atoms with Gasteiger partial charge in [-0.05, 0) is 25.5 Å². The molecule has 1 atom stereocenters. The molecule has 2 amide bonds. The van der Waals surface area contributed by atoms with Gasteiger partial charge in [-0.3, -0.25) is 0 Å². The number of halogens is 3. The molecule has 1 aliphatic heterocycles.